The Hall–Kier alpha value is -3.35. The van der Waals surface area contributed by atoms with E-state index in [0.29, 0.717) is 24.0 Å². The molecule has 0 unspecified atom stereocenters. The first-order chi connectivity index (χ1) is 14.1. The maximum atomic E-state index is 13.2. The fourth-order valence-electron chi connectivity index (χ4n) is 4.33. The number of fused-ring (bicyclic) bond motifs is 1. The topological polar surface area (TPSA) is 104 Å². The number of non-ortho nitro benzene ring substituents is 1. The maximum absolute atomic E-state index is 13.2. The first-order valence-corrected chi connectivity index (χ1v) is 9.94. The van der Waals surface area contributed by atoms with Crippen LogP contribution in [0.25, 0.3) is 0 Å². The Morgan fingerprint density at radius 2 is 1.77 bits per heavy atom. The van der Waals surface area contributed by atoms with Crippen molar-refractivity contribution < 1.29 is 14.8 Å². The van der Waals surface area contributed by atoms with Gasteiger partial charge >= 0.3 is 0 Å². The molecule has 2 aromatic rings. The Labute approximate surface area is 175 Å². The molecule has 0 spiro atoms. The molecule has 2 aromatic carbocycles. The monoisotopic (exact) mass is 407 g/mol. The van der Waals surface area contributed by atoms with Crippen molar-refractivity contribution in [3.8, 4) is 5.75 Å². The van der Waals surface area contributed by atoms with Crippen LogP contribution in [-0.4, -0.2) is 15.8 Å². The number of anilines is 2. The smallest absolute Gasteiger partial charge is 0.270 e. The van der Waals surface area contributed by atoms with Crippen LogP contribution in [0.2, 0.25) is 0 Å². The van der Waals surface area contributed by atoms with Gasteiger partial charge in [0, 0.05) is 35.4 Å². The lowest BCUT2D eigenvalue weighted by molar-refractivity contribution is -0.384. The third-order valence-electron chi connectivity index (χ3n) is 5.96. The number of aromatic hydroxyl groups is 1. The number of phenolic OH excluding ortho intramolecular Hbond substituents is 1. The first kappa shape index (κ1) is 19.9. The van der Waals surface area contributed by atoms with Gasteiger partial charge in [-0.25, -0.2) is 0 Å². The lowest BCUT2D eigenvalue weighted by atomic mass is 9.73. The Kier molecular flexibility index (Phi) is 4.56. The normalized spacial score (nSPS) is 19.9. The minimum Gasteiger partial charge on any atom is -0.508 e. The molecule has 1 aliphatic heterocycles. The molecule has 3 N–H and O–H groups in total. The predicted molar refractivity (Wildman–Crippen MR) is 116 cm³/mol. The van der Waals surface area contributed by atoms with Gasteiger partial charge < -0.3 is 15.7 Å². The van der Waals surface area contributed by atoms with Gasteiger partial charge in [0.25, 0.3) is 5.69 Å². The van der Waals surface area contributed by atoms with Crippen molar-refractivity contribution in [1.82, 2.24) is 0 Å². The molecule has 0 saturated carbocycles. The second kappa shape index (κ2) is 6.86. The number of ketones is 1. The van der Waals surface area contributed by atoms with Gasteiger partial charge in [-0.05, 0) is 55.0 Å². The number of aryl methyl sites for hydroxylation is 2. The lowest BCUT2D eigenvalue weighted by Crippen LogP contribution is -2.31. The van der Waals surface area contributed by atoms with E-state index in [0.717, 1.165) is 28.2 Å². The largest absolute Gasteiger partial charge is 0.508 e. The molecule has 0 radical (unpaired) electrons. The minimum absolute atomic E-state index is 0.0293. The third kappa shape index (κ3) is 3.40. The number of nitro groups is 1. The summed E-state index contributed by atoms with van der Waals surface area (Å²) in [5.41, 5.74) is 5.13. The fourth-order valence-corrected chi connectivity index (χ4v) is 4.33. The summed E-state index contributed by atoms with van der Waals surface area (Å²) in [5, 5.41) is 28.7. The molecule has 0 aromatic heterocycles. The van der Waals surface area contributed by atoms with Gasteiger partial charge in [0.1, 0.15) is 5.75 Å². The summed E-state index contributed by atoms with van der Waals surface area (Å²) in [5.74, 6) is -0.117. The molecule has 7 nitrogen and oxygen atoms in total. The highest BCUT2D eigenvalue weighted by molar-refractivity contribution is 6.01. The molecule has 0 amide bonds. The number of nitro benzene ring substituents is 1. The van der Waals surface area contributed by atoms with Crippen molar-refractivity contribution in [3.63, 3.8) is 0 Å². The number of rotatable bonds is 2. The molecule has 1 aliphatic carbocycles. The highest BCUT2D eigenvalue weighted by Gasteiger charge is 2.39. The first-order valence-electron chi connectivity index (χ1n) is 9.94. The van der Waals surface area contributed by atoms with E-state index in [1.54, 1.807) is 0 Å². The molecule has 30 heavy (non-hydrogen) atoms. The molecular formula is C23H25N3O4. The summed E-state index contributed by atoms with van der Waals surface area (Å²) < 4.78 is 0. The van der Waals surface area contributed by atoms with Gasteiger partial charge in [0.15, 0.2) is 5.78 Å². The molecule has 7 heteroatoms. The minimum atomic E-state index is -0.695. The summed E-state index contributed by atoms with van der Waals surface area (Å²) in [4.78, 5) is 24.1. The molecular weight excluding hydrogens is 382 g/mol. The number of carbonyl (C=O) groups excluding carboxylic acids is 1. The molecule has 0 fully saturated rings. The standard InChI is InChI=1S/C23H25N3O4/c1-12-7-16-17(8-13(12)2)25-22(15-9-14(26(29)30)5-6-19(15)27)21-18(24-16)10-23(3,4)11-20(21)28/h5-9,22,24-25,27H,10-11H2,1-4H3/t22-/m1/s1. The van der Waals surface area contributed by atoms with Gasteiger partial charge in [-0.1, -0.05) is 13.8 Å². The SMILES string of the molecule is Cc1cc2c(cc1C)N[C@H](c1cc([N+](=O)[O-])ccc1O)C1=C(CC(C)(C)CC1=O)N2. The van der Waals surface area contributed by atoms with E-state index >= 15 is 0 Å². The molecule has 0 bridgehead atoms. The van der Waals surface area contributed by atoms with Crippen LogP contribution < -0.4 is 10.6 Å². The summed E-state index contributed by atoms with van der Waals surface area (Å²) in [6, 6.07) is 7.25. The van der Waals surface area contributed by atoms with Gasteiger partial charge in [-0.15, -0.1) is 0 Å². The zero-order valence-corrected chi connectivity index (χ0v) is 17.5. The number of nitrogens with one attached hydrogen (secondary N) is 2. The average molecular weight is 407 g/mol. The van der Waals surface area contributed by atoms with Crippen molar-refractivity contribution >= 4 is 22.8 Å². The summed E-state index contributed by atoms with van der Waals surface area (Å²) in [6.45, 7) is 8.13. The summed E-state index contributed by atoms with van der Waals surface area (Å²) >= 11 is 0. The average Bonchev–Trinajstić information content (AvgIpc) is 2.78. The molecule has 4 rings (SSSR count). The second-order valence-corrected chi connectivity index (χ2v) is 9.02. The van der Waals surface area contributed by atoms with Crippen LogP contribution in [0.4, 0.5) is 17.1 Å². The van der Waals surface area contributed by atoms with Crippen molar-refractivity contribution in [1.29, 1.82) is 0 Å². The number of nitrogens with zero attached hydrogens (tertiary/aromatic N) is 1. The predicted octanol–water partition coefficient (Wildman–Crippen LogP) is 5.14. The van der Waals surface area contributed by atoms with E-state index in [1.165, 1.54) is 18.2 Å². The third-order valence-corrected chi connectivity index (χ3v) is 5.96. The molecule has 1 atom stereocenters. The van der Waals surface area contributed by atoms with Crippen LogP contribution in [-0.2, 0) is 4.79 Å². The number of allylic oxidation sites excluding steroid dienone is 1. The maximum Gasteiger partial charge on any atom is 0.270 e. The van der Waals surface area contributed by atoms with Crippen LogP contribution in [0.15, 0.2) is 41.6 Å². The Balaban J connectivity index is 1.95. The van der Waals surface area contributed by atoms with Crippen molar-refractivity contribution in [2.75, 3.05) is 10.6 Å². The highest BCUT2D eigenvalue weighted by atomic mass is 16.6. The number of carbonyl (C=O) groups is 1. The number of phenols is 1. The van der Waals surface area contributed by atoms with Gasteiger partial charge in [0.05, 0.1) is 22.3 Å². The Bertz CT molecular complexity index is 1120. The van der Waals surface area contributed by atoms with Gasteiger partial charge in [-0.2, -0.15) is 0 Å². The number of Topliss-reactive ketones (excluding diaryl/α,β-unsaturated/α-hetero) is 1. The van der Waals surface area contributed by atoms with Crippen molar-refractivity contribution in [3.05, 3.63) is 68.4 Å². The highest BCUT2D eigenvalue weighted by Crippen LogP contribution is 2.47. The van der Waals surface area contributed by atoms with Gasteiger partial charge in [0.2, 0.25) is 0 Å². The second-order valence-electron chi connectivity index (χ2n) is 9.02. The zero-order valence-electron chi connectivity index (χ0n) is 17.5. The van der Waals surface area contributed by atoms with Crippen LogP contribution in [0.1, 0.15) is 49.4 Å². The van der Waals surface area contributed by atoms with Crippen LogP contribution in [0, 0.1) is 29.4 Å². The van der Waals surface area contributed by atoms with Gasteiger partial charge in [-0.3, -0.25) is 14.9 Å². The summed E-state index contributed by atoms with van der Waals surface area (Å²) in [7, 11) is 0. The number of benzene rings is 2. The van der Waals surface area contributed by atoms with E-state index in [1.807, 2.05) is 26.0 Å². The van der Waals surface area contributed by atoms with Crippen LogP contribution in [0.5, 0.6) is 5.75 Å². The van der Waals surface area contributed by atoms with Crippen molar-refractivity contribution in [2.45, 2.75) is 46.6 Å². The fraction of sp³-hybridized carbons (Fsp3) is 0.348. The van der Waals surface area contributed by atoms with E-state index in [-0.39, 0.29) is 22.6 Å². The zero-order chi connectivity index (χ0) is 21.8. The Morgan fingerprint density at radius 3 is 2.43 bits per heavy atom. The number of hydrogen-bond acceptors (Lipinski definition) is 6. The van der Waals surface area contributed by atoms with E-state index in [4.69, 9.17) is 0 Å². The van der Waals surface area contributed by atoms with E-state index in [2.05, 4.69) is 24.5 Å². The Morgan fingerprint density at radius 1 is 1.10 bits per heavy atom. The van der Waals surface area contributed by atoms with Crippen LogP contribution >= 0.6 is 0 Å². The molecule has 2 aliphatic rings. The summed E-state index contributed by atoms with van der Waals surface area (Å²) in [6.07, 6.45) is 1.03. The van der Waals surface area contributed by atoms with Crippen molar-refractivity contribution in [2.24, 2.45) is 5.41 Å². The molecule has 156 valence electrons. The van der Waals surface area contributed by atoms with E-state index < -0.39 is 11.0 Å². The van der Waals surface area contributed by atoms with Crippen LogP contribution in [0.3, 0.4) is 0 Å². The molecule has 1 heterocycles. The lowest BCUT2D eigenvalue weighted by Gasteiger charge is -2.34. The van der Waals surface area contributed by atoms with E-state index in [9.17, 15) is 20.0 Å². The number of hydrogen-bond donors (Lipinski definition) is 3. The molecule has 0 saturated heterocycles. The quantitative estimate of drug-likeness (QED) is 0.470.